The van der Waals surface area contributed by atoms with Gasteiger partial charge >= 0.3 is 5.97 Å². The lowest BCUT2D eigenvalue weighted by atomic mass is 10.2. The van der Waals surface area contributed by atoms with Crippen LogP contribution in [0.5, 0.6) is 5.75 Å². The summed E-state index contributed by atoms with van der Waals surface area (Å²) < 4.78 is 10.9. The molecule has 0 bridgehead atoms. The fourth-order valence-corrected chi connectivity index (χ4v) is 2.56. The van der Waals surface area contributed by atoms with Crippen molar-refractivity contribution in [3.8, 4) is 5.75 Å². The molecule has 2 rings (SSSR count). The third-order valence-corrected chi connectivity index (χ3v) is 3.91. The number of nitrogens with zero attached hydrogens (tertiary/aromatic N) is 1. The molecule has 0 radical (unpaired) electrons. The van der Waals surface area contributed by atoms with E-state index in [9.17, 15) is 4.79 Å². The molecule has 4 nitrogen and oxygen atoms in total. The number of esters is 1. The molecule has 0 N–H and O–H groups in total. The number of carbonyl (C=O) groups excluding carboxylic acids is 1. The smallest absolute Gasteiger partial charge is 0.338 e. The molecule has 0 unspecified atom stereocenters. The van der Waals surface area contributed by atoms with Gasteiger partial charge in [0.15, 0.2) is 0 Å². The highest BCUT2D eigenvalue weighted by atomic mass is 16.5. The maximum Gasteiger partial charge on any atom is 0.338 e. The van der Waals surface area contributed by atoms with Gasteiger partial charge in [-0.3, -0.25) is 0 Å². The highest BCUT2D eigenvalue weighted by Gasteiger charge is 2.11. The average Bonchev–Trinajstić information content (AvgIpc) is 3.06. The van der Waals surface area contributed by atoms with Crippen LogP contribution in [0.15, 0.2) is 24.3 Å². The van der Waals surface area contributed by atoms with E-state index in [0.717, 1.165) is 38.2 Å². The Morgan fingerprint density at radius 2 is 1.82 bits per heavy atom. The molecule has 1 aromatic carbocycles. The minimum Gasteiger partial charge on any atom is -0.494 e. The van der Waals surface area contributed by atoms with E-state index in [1.807, 2.05) is 12.1 Å². The molecule has 0 atom stereocenters. The van der Waals surface area contributed by atoms with E-state index in [1.54, 1.807) is 12.1 Å². The second kappa shape index (κ2) is 9.46. The second-order valence-electron chi connectivity index (χ2n) is 5.76. The third kappa shape index (κ3) is 5.68. The van der Waals surface area contributed by atoms with Gasteiger partial charge in [0, 0.05) is 6.54 Å². The Balaban J connectivity index is 1.65. The molecule has 122 valence electrons. The van der Waals surface area contributed by atoms with Crippen molar-refractivity contribution in [1.82, 2.24) is 4.90 Å². The maximum atomic E-state index is 11.9. The van der Waals surface area contributed by atoms with E-state index in [2.05, 4.69) is 11.8 Å². The van der Waals surface area contributed by atoms with Crippen LogP contribution in [-0.2, 0) is 4.74 Å². The van der Waals surface area contributed by atoms with E-state index in [-0.39, 0.29) is 5.97 Å². The molecule has 1 saturated heterocycles. The first-order chi connectivity index (χ1) is 10.8. The van der Waals surface area contributed by atoms with Crippen LogP contribution in [0.1, 0.15) is 49.4 Å². The normalized spacial score (nSPS) is 15.0. The SMILES string of the molecule is CCCCOc1ccc(C(=O)OCCCN2CCCC2)cc1. The topological polar surface area (TPSA) is 38.8 Å². The summed E-state index contributed by atoms with van der Waals surface area (Å²) in [4.78, 5) is 14.4. The van der Waals surface area contributed by atoms with Gasteiger partial charge in [-0.25, -0.2) is 4.79 Å². The number of ether oxygens (including phenoxy) is 2. The summed E-state index contributed by atoms with van der Waals surface area (Å²) in [7, 11) is 0. The lowest BCUT2D eigenvalue weighted by Crippen LogP contribution is -2.22. The van der Waals surface area contributed by atoms with Gasteiger partial charge in [-0.15, -0.1) is 0 Å². The van der Waals surface area contributed by atoms with Crippen LogP contribution >= 0.6 is 0 Å². The molecule has 0 aromatic heterocycles. The van der Waals surface area contributed by atoms with Gasteiger partial charge in [0.2, 0.25) is 0 Å². The number of benzene rings is 1. The monoisotopic (exact) mass is 305 g/mol. The van der Waals surface area contributed by atoms with Crippen molar-refractivity contribution in [3.63, 3.8) is 0 Å². The third-order valence-electron chi connectivity index (χ3n) is 3.91. The van der Waals surface area contributed by atoms with Crippen LogP contribution in [0.4, 0.5) is 0 Å². The van der Waals surface area contributed by atoms with Crippen LogP contribution in [0.25, 0.3) is 0 Å². The molecule has 1 aliphatic heterocycles. The summed E-state index contributed by atoms with van der Waals surface area (Å²) in [6.07, 6.45) is 5.66. The standard InChI is InChI=1S/C18H27NO3/c1-2-3-14-21-17-9-7-16(8-10-17)18(20)22-15-6-13-19-11-4-5-12-19/h7-10H,2-6,11-15H2,1H3. The fourth-order valence-electron chi connectivity index (χ4n) is 2.56. The highest BCUT2D eigenvalue weighted by molar-refractivity contribution is 5.89. The van der Waals surface area contributed by atoms with Crippen molar-refractivity contribution < 1.29 is 14.3 Å². The number of hydrogen-bond acceptors (Lipinski definition) is 4. The summed E-state index contributed by atoms with van der Waals surface area (Å²) in [5.41, 5.74) is 0.587. The first kappa shape index (κ1) is 16.8. The molecule has 0 amide bonds. The first-order valence-corrected chi connectivity index (χ1v) is 8.42. The first-order valence-electron chi connectivity index (χ1n) is 8.42. The van der Waals surface area contributed by atoms with Gasteiger partial charge in [-0.1, -0.05) is 13.3 Å². The Morgan fingerprint density at radius 1 is 1.09 bits per heavy atom. The predicted octanol–water partition coefficient (Wildman–Crippen LogP) is 3.51. The number of hydrogen-bond donors (Lipinski definition) is 0. The summed E-state index contributed by atoms with van der Waals surface area (Å²) in [5, 5.41) is 0. The Morgan fingerprint density at radius 3 is 2.50 bits per heavy atom. The maximum absolute atomic E-state index is 11.9. The molecular formula is C18H27NO3. The zero-order valence-electron chi connectivity index (χ0n) is 13.6. The minimum absolute atomic E-state index is 0.249. The van der Waals surface area contributed by atoms with E-state index < -0.39 is 0 Å². The Kier molecular flexibility index (Phi) is 7.23. The molecule has 0 aliphatic carbocycles. The second-order valence-corrected chi connectivity index (χ2v) is 5.76. The van der Waals surface area contributed by atoms with E-state index in [4.69, 9.17) is 9.47 Å². The van der Waals surface area contributed by atoms with Gasteiger partial charge in [0.1, 0.15) is 5.75 Å². The lowest BCUT2D eigenvalue weighted by Gasteiger charge is -2.14. The Bertz CT molecular complexity index is 438. The van der Waals surface area contributed by atoms with Crippen LogP contribution in [-0.4, -0.2) is 43.7 Å². The molecule has 1 aromatic rings. The quantitative estimate of drug-likeness (QED) is 0.517. The molecule has 0 saturated carbocycles. The highest BCUT2D eigenvalue weighted by Crippen LogP contribution is 2.14. The summed E-state index contributed by atoms with van der Waals surface area (Å²) >= 11 is 0. The minimum atomic E-state index is -0.249. The molecule has 0 spiro atoms. The number of likely N-dealkylation sites (tertiary alicyclic amines) is 1. The summed E-state index contributed by atoms with van der Waals surface area (Å²) in [6, 6.07) is 7.20. The van der Waals surface area contributed by atoms with Crippen molar-refractivity contribution in [3.05, 3.63) is 29.8 Å². The van der Waals surface area contributed by atoms with Gasteiger partial charge in [-0.2, -0.15) is 0 Å². The van der Waals surface area contributed by atoms with Crippen molar-refractivity contribution in [2.24, 2.45) is 0 Å². The lowest BCUT2D eigenvalue weighted by molar-refractivity contribution is 0.0491. The van der Waals surface area contributed by atoms with Crippen LogP contribution < -0.4 is 4.74 Å². The number of rotatable bonds is 9. The summed E-state index contributed by atoms with van der Waals surface area (Å²) in [6.45, 7) is 6.74. The Hall–Kier alpha value is -1.55. The van der Waals surface area contributed by atoms with Crippen LogP contribution in [0, 0.1) is 0 Å². The van der Waals surface area contributed by atoms with Crippen molar-refractivity contribution in [2.75, 3.05) is 32.8 Å². The van der Waals surface area contributed by atoms with Crippen molar-refractivity contribution in [1.29, 1.82) is 0 Å². The number of carbonyl (C=O) groups is 1. The Labute approximate surface area is 133 Å². The van der Waals surface area contributed by atoms with Crippen molar-refractivity contribution >= 4 is 5.97 Å². The van der Waals surface area contributed by atoms with Gasteiger partial charge in [-0.05, 0) is 63.0 Å². The summed E-state index contributed by atoms with van der Waals surface area (Å²) in [5.74, 6) is 0.556. The van der Waals surface area contributed by atoms with Gasteiger partial charge in [0.25, 0.3) is 0 Å². The van der Waals surface area contributed by atoms with E-state index in [1.165, 1.54) is 25.9 Å². The fraction of sp³-hybridized carbons (Fsp3) is 0.611. The van der Waals surface area contributed by atoms with Gasteiger partial charge < -0.3 is 14.4 Å². The molecule has 4 heteroatoms. The molecule has 22 heavy (non-hydrogen) atoms. The number of unbranched alkanes of at least 4 members (excludes halogenated alkanes) is 1. The van der Waals surface area contributed by atoms with Crippen LogP contribution in [0.2, 0.25) is 0 Å². The van der Waals surface area contributed by atoms with E-state index in [0.29, 0.717) is 12.2 Å². The van der Waals surface area contributed by atoms with E-state index >= 15 is 0 Å². The zero-order valence-corrected chi connectivity index (χ0v) is 13.6. The van der Waals surface area contributed by atoms with Gasteiger partial charge in [0.05, 0.1) is 18.8 Å². The van der Waals surface area contributed by atoms with Crippen molar-refractivity contribution in [2.45, 2.75) is 39.0 Å². The zero-order chi connectivity index (χ0) is 15.6. The largest absolute Gasteiger partial charge is 0.494 e. The molecule has 1 heterocycles. The predicted molar refractivity (Wildman–Crippen MR) is 87.4 cm³/mol. The molecule has 1 aliphatic rings. The molecular weight excluding hydrogens is 278 g/mol. The molecule has 1 fully saturated rings. The average molecular weight is 305 g/mol. The van der Waals surface area contributed by atoms with Crippen LogP contribution in [0.3, 0.4) is 0 Å².